The quantitative estimate of drug-likeness (QED) is 0.879. The molecule has 0 spiro atoms. The standard InChI is InChI=1S/C13H9ClF2N2O/c14-12-6-8(4-5-17-12)18-13(19)7-9-10(15)2-1-3-11(9)16/h1-6H,7H2,(H,17,18,19). The van der Waals surface area contributed by atoms with Crippen LogP contribution in [0.3, 0.4) is 0 Å². The number of aromatic nitrogens is 1. The van der Waals surface area contributed by atoms with Gasteiger partial charge in [0.1, 0.15) is 16.8 Å². The van der Waals surface area contributed by atoms with Crippen LogP contribution in [0.5, 0.6) is 0 Å². The second kappa shape index (κ2) is 5.75. The predicted octanol–water partition coefficient (Wildman–Crippen LogP) is 3.19. The molecule has 0 saturated heterocycles. The number of benzene rings is 1. The number of carbonyl (C=O) groups is 1. The molecule has 6 heteroatoms. The van der Waals surface area contributed by atoms with Crippen molar-refractivity contribution in [3.63, 3.8) is 0 Å². The molecule has 2 aromatic rings. The summed E-state index contributed by atoms with van der Waals surface area (Å²) in [5, 5.41) is 2.71. The van der Waals surface area contributed by atoms with E-state index in [1.54, 1.807) is 0 Å². The molecule has 0 atom stereocenters. The van der Waals surface area contributed by atoms with Gasteiger partial charge in [-0.15, -0.1) is 0 Å². The van der Waals surface area contributed by atoms with Crippen molar-refractivity contribution in [1.82, 2.24) is 4.98 Å². The van der Waals surface area contributed by atoms with E-state index >= 15 is 0 Å². The van der Waals surface area contributed by atoms with E-state index < -0.39 is 24.0 Å². The van der Waals surface area contributed by atoms with E-state index in [0.29, 0.717) is 5.69 Å². The Kier molecular flexibility index (Phi) is 4.06. The first-order chi connectivity index (χ1) is 9.06. The van der Waals surface area contributed by atoms with Gasteiger partial charge in [0.25, 0.3) is 0 Å². The molecule has 2 rings (SSSR count). The minimum Gasteiger partial charge on any atom is -0.326 e. The number of rotatable bonds is 3. The van der Waals surface area contributed by atoms with Gasteiger partial charge in [-0.2, -0.15) is 0 Å². The van der Waals surface area contributed by atoms with Crippen LogP contribution in [-0.2, 0) is 11.2 Å². The molecule has 1 amide bonds. The summed E-state index contributed by atoms with van der Waals surface area (Å²) in [6.45, 7) is 0. The van der Waals surface area contributed by atoms with Crippen LogP contribution in [0.25, 0.3) is 0 Å². The summed E-state index contributed by atoms with van der Waals surface area (Å²) in [5.74, 6) is -2.03. The fraction of sp³-hybridized carbons (Fsp3) is 0.0769. The summed E-state index contributed by atoms with van der Waals surface area (Å²) in [6, 6.07) is 6.43. The number of anilines is 1. The number of nitrogens with zero attached hydrogens (tertiary/aromatic N) is 1. The molecule has 1 aromatic carbocycles. The third kappa shape index (κ3) is 3.48. The molecule has 0 bridgehead atoms. The lowest BCUT2D eigenvalue weighted by Crippen LogP contribution is -2.16. The van der Waals surface area contributed by atoms with Gasteiger partial charge in [0.05, 0.1) is 6.42 Å². The number of carbonyl (C=O) groups excluding carboxylic acids is 1. The largest absolute Gasteiger partial charge is 0.326 e. The Hall–Kier alpha value is -2.01. The second-order valence-corrected chi connectivity index (χ2v) is 4.18. The monoisotopic (exact) mass is 282 g/mol. The topological polar surface area (TPSA) is 42.0 Å². The Morgan fingerprint density at radius 3 is 2.58 bits per heavy atom. The molecule has 0 saturated carbocycles. The first kappa shape index (κ1) is 13.4. The summed E-state index contributed by atoms with van der Waals surface area (Å²) < 4.78 is 26.7. The van der Waals surface area contributed by atoms with Crippen molar-refractivity contribution in [3.05, 3.63) is 58.9 Å². The van der Waals surface area contributed by atoms with Crippen molar-refractivity contribution in [1.29, 1.82) is 0 Å². The fourth-order valence-corrected chi connectivity index (χ4v) is 1.72. The minimum absolute atomic E-state index is 0.217. The molecule has 19 heavy (non-hydrogen) atoms. The van der Waals surface area contributed by atoms with E-state index in [4.69, 9.17) is 11.6 Å². The van der Waals surface area contributed by atoms with Crippen molar-refractivity contribution in [2.45, 2.75) is 6.42 Å². The third-order valence-electron chi connectivity index (χ3n) is 2.41. The molecule has 0 aliphatic carbocycles. The number of hydrogen-bond donors (Lipinski definition) is 1. The third-order valence-corrected chi connectivity index (χ3v) is 2.62. The lowest BCUT2D eigenvalue weighted by atomic mass is 10.1. The van der Waals surface area contributed by atoms with Crippen molar-refractivity contribution in [2.75, 3.05) is 5.32 Å². The van der Waals surface area contributed by atoms with Crippen molar-refractivity contribution in [3.8, 4) is 0 Å². The van der Waals surface area contributed by atoms with Crippen LogP contribution in [0.1, 0.15) is 5.56 Å². The van der Waals surface area contributed by atoms with Crippen LogP contribution < -0.4 is 5.32 Å². The predicted molar refractivity (Wildman–Crippen MR) is 67.9 cm³/mol. The normalized spacial score (nSPS) is 10.3. The summed E-state index contributed by atoms with van der Waals surface area (Å²) >= 11 is 5.66. The highest BCUT2D eigenvalue weighted by atomic mass is 35.5. The minimum atomic E-state index is -0.747. The SMILES string of the molecule is O=C(Cc1c(F)cccc1F)Nc1ccnc(Cl)c1. The van der Waals surface area contributed by atoms with E-state index in [9.17, 15) is 13.6 Å². The van der Waals surface area contributed by atoms with Crippen molar-refractivity contribution < 1.29 is 13.6 Å². The molecule has 3 nitrogen and oxygen atoms in total. The number of amides is 1. The van der Waals surface area contributed by atoms with Gasteiger partial charge < -0.3 is 5.32 Å². The van der Waals surface area contributed by atoms with E-state index in [1.165, 1.54) is 24.4 Å². The van der Waals surface area contributed by atoms with Crippen molar-refractivity contribution >= 4 is 23.2 Å². The highest BCUT2D eigenvalue weighted by Crippen LogP contribution is 2.15. The molecule has 1 N–H and O–H groups in total. The average Bonchev–Trinajstić information content (AvgIpc) is 2.34. The zero-order valence-electron chi connectivity index (χ0n) is 9.66. The Bertz CT molecular complexity index is 599. The first-order valence-corrected chi connectivity index (χ1v) is 5.78. The molecular weight excluding hydrogens is 274 g/mol. The van der Waals surface area contributed by atoms with Gasteiger partial charge in [-0.1, -0.05) is 17.7 Å². The van der Waals surface area contributed by atoms with Crippen LogP contribution >= 0.6 is 11.6 Å². The van der Waals surface area contributed by atoms with E-state index in [2.05, 4.69) is 10.3 Å². The maximum atomic E-state index is 13.4. The highest BCUT2D eigenvalue weighted by Gasteiger charge is 2.13. The van der Waals surface area contributed by atoms with E-state index in [0.717, 1.165) is 12.1 Å². The van der Waals surface area contributed by atoms with E-state index in [-0.39, 0.29) is 10.7 Å². The summed E-state index contributed by atoms with van der Waals surface area (Å²) in [5.41, 5.74) is 0.155. The Morgan fingerprint density at radius 1 is 1.26 bits per heavy atom. The Morgan fingerprint density at radius 2 is 1.95 bits per heavy atom. The lowest BCUT2D eigenvalue weighted by molar-refractivity contribution is -0.115. The zero-order chi connectivity index (χ0) is 13.8. The van der Waals surface area contributed by atoms with Gasteiger partial charge >= 0.3 is 0 Å². The summed E-state index contributed by atoms with van der Waals surface area (Å²) in [4.78, 5) is 15.4. The molecule has 0 fully saturated rings. The number of nitrogens with one attached hydrogen (secondary N) is 1. The van der Waals surface area contributed by atoms with Crippen LogP contribution in [0, 0.1) is 11.6 Å². The van der Waals surface area contributed by atoms with Gasteiger partial charge in [-0.05, 0) is 24.3 Å². The zero-order valence-corrected chi connectivity index (χ0v) is 10.4. The van der Waals surface area contributed by atoms with E-state index in [1.807, 2.05) is 0 Å². The molecule has 98 valence electrons. The lowest BCUT2D eigenvalue weighted by Gasteiger charge is -2.07. The molecule has 1 heterocycles. The second-order valence-electron chi connectivity index (χ2n) is 3.79. The van der Waals surface area contributed by atoms with Gasteiger partial charge in [0, 0.05) is 17.4 Å². The van der Waals surface area contributed by atoms with Crippen molar-refractivity contribution in [2.24, 2.45) is 0 Å². The molecule has 0 aliphatic heterocycles. The van der Waals surface area contributed by atoms with Crippen LogP contribution in [0.2, 0.25) is 5.15 Å². The van der Waals surface area contributed by atoms with Gasteiger partial charge in [-0.3, -0.25) is 4.79 Å². The number of hydrogen-bond acceptors (Lipinski definition) is 2. The molecule has 0 aliphatic rings. The van der Waals surface area contributed by atoms with Gasteiger partial charge in [0.2, 0.25) is 5.91 Å². The summed E-state index contributed by atoms with van der Waals surface area (Å²) in [7, 11) is 0. The maximum absolute atomic E-state index is 13.4. The Labute approximate surface area is 113 Å². The van der Waals surface area contributed by atoms with Gasteiger partial charge in [-0.25, -0.2) is 13.8 Å². The Balaban J connectivity index is 2.10. The highest BCUT2D eigenvalue weighted by molar-refractivity contribution is 6.29. The molecular formula is C13H9ClF2N2O. The van der Waals surface area contributed by atoms with Crippen LogP contribution in [-0.4, -0.2) is 10.9 Å². The smallest absolute Gasteiger partial charge is 0.229 e. The summed E-state index contributed by atoms with van der Waals surface area (Å²) in [6.07, 6.45) is 1.03. The van der Waals surface area contributed by atoms with Gasteiger partial charge in [0.15, 0.2) is 0 Å². The van der Waals surface area contributed by atoms with Crippen LogP contribution in [0.4, 0.5) is 14.5 Å². The fourth-order valence-electron chi connectivity index (χ4n) is 1.55. The molecule has 1 aromatic heterocycles. The average molecular weight is 283 g/mol. The molecule has 0 radical (unpaired) electrons. The molecule has 0 unspecified atom stereocenters. The number of halogens is 3. The van der Waals surface area contributed by atoms with Crippen LogP contribution in [0.15, 0.2) is 36.5 Å². The maximum Gasteiger partial charge on any atom is 0.229 e. The first-order valence-electron chi connectivity index (χ1n) is 5.40. The number of pyridine rings is 1.